The smallest absolute Gasteiger partial charge is 0.253 e. The molecule has 1 aromatic carbocycles. The Labute approximate surface area is 157 Å². The van der Waals surface area contributed by atoms with Crippen LogP contribution in [0.15, 0.2) is 24.3 Å². The zero-order valence-corrected chi connectivity index (χ0v) is 16.4. The molecule has 1 aromatic rings. The zero-order chi connectivity index (χ0) is 19.2. The third-order valence-corrected chi connectivity index (χ3v) is 5.24. The fraction of sp³-hybridized carbons (Fsp3) is 0.619. The molecule has 0 bridgehead atoms. The molecular formula is C21H33N3O2. The van der Waals surface area contributed by atoms with Gasteiger partial charge in [-0.2, -0.15) is 0 Å². The van der Waals surface area contributed by atoms with E-state index in [1.807, 2.05) is 11.8 Å². The number of amides is 2. The zero-order valence-electron chi connectivity index (χ0n) is 16.4. The van der Waals surface area contributed by atoms with Crippen LogP contribution in [0, 0.1) is 5.92 Å². The Hall–Kier alpha value is -1.88. The standard InChI is InChI=1S/C21H33N3O2/c1-4-14-24(15-5-2)20(26)16-9-11-17(12-10-16)23-19(25)18-8-6-7-13-21(18,3)22/h9-12,18H,4-8,13-15,22H2,1-3H3,(H,23,25). The number of anilines is 1. The van der Waals surface area contributed by atoms with Gasteiger partial charge >= 0.3 is 0 Å². The number of nitrogens with two attached hydrogens (primary N) is 1. The van der Waals surface area contributed by atoms with Crippen molar-refractivity contribution in [2.75, 3.05) is 18.4 Å². The van der Waals surface area contributed by atoms with E-state index in [-0.39, 0.29) is 17.7 Å². The van der Waals surface area contributed by atoms with Gasteiger partial charge in [0.15, 0.2) is 0 Å². The number of rotatable bonds is 7. The second-order valence-corrected chi connectivity index (χ2v) is 7.66. The van der Waals surface area contributed by atoms with Crippen molar-refractivity contribution in [1.82, 2.24) is 4.90 Å². The van der Waals surface area contributed by atoms with Gasteiger partial charge < -0.3 is 16.0 Å². The molecule has 1 fully saturated rings. The van der Waals surface area contributed by atoms with Crippen molar-refractivity contribution >= 4 is 17.5 Å². The van der Waals surface area contributed by atoms with Gasteiger partial charge in [0.2, 0.25) is 5.91 Å². The van der Waals surface area contributed by atoms with E-state index in [1.165, 1.54) is 0 Å². The van der Waals surface area contributed by atoms with Gasteiger partial charge in [0, 0.05) is 29.9 Å². The highest BCUT2D eigenvalue weighted by Crippen LogP contribution is 2.32. The highest BCUT2D eigenvalue weighted by atomic mass is 16.2. The number of hydrogen-bond donors (Lipinski definition) is 2. The fourth-order valence-corrected chi connectivity index (χ4v) is 3.75. The molecule has 0 radical (unpaired) electrons. The van der Waals surface area contributed by atoms with Gasteiger partial charge in [-0.1, -0.05) is 26.7 Å². The highest BCUT2D eigenvalue weighted by molar-refractivity contribution is 5.96. The first-order chi connectivity index (χ1) is 12.4. The first kappa shape index (κ1) is 20.4. The van der Waals surface area contributed by atoms with Crippen molar-refractivity contribution in [3.05, 3.63) is 29.8 Å². The van der Waals surface area contributed by atoms with Crippen molar-refractivity contribution in [3.8, 4) is 0 Å². The summed E-state index contributed by atoms with van der Waals surface area (Å²) < 4.78 is 0. The maximum Gasteiger partial charge on any atom is 0.253 e. The Morgan fingerprint density at radius 1 is 1.15 bits per heavy atom. The van der Waals surface area contributed by atoms with E-state index in [2.05, 4.69) is 19.2 Å². The van der Waals surface area contributed by atoms with E-state index < -0.39 is 5.54 Å². The van der Waals surface area contributed by atoms with Crippen LogP contribution in [0.3, 0.4) is 0 Å². The number of carbonyl (C=O) groups excluding carboxylic acids is 2. The fourth-order valence-electron chi connectivity index (χ4n) is 3.75. The molecule has 0 aliphatic heterocycles. The molecule has 0 saturated heterocycles. The Morgan fingerprint density at radius 2 is 1.77 bits per heavy atom. The SMILES string of the molecule is CCCN(CCC)C(=O)c1ccc(NC(=O)C2CCCCC2(C)N)cc1. The molecule has 2 rings (SSSR count). The largest absolute Gasteiger partial charge is 0.339 e. The van der Waals surface area contributed by atoms with Crippen molar-refractivity contribution in [1.29, 1.82) is 0 Å². The maximum absolute atomic E-state index is 12.6. The van der Waals surface area contributed by atoms with Crippen molar-refractivity contribution < 1.29 is 9.59 Å². The number of benzene rings is 1. The lowest BCUT2D eigenvalue weighted by molar-refractivity contribution is -0.122. The quantitative estimate of drug-likeness (QED) is 0.777. The molecule has 0 aromatic heterocycles. The van der Waals surface area contributed by atoms with E-state index in [9.17, 15) is 9.59 Å². The van der Waals surface area contributed by atoms with Crippen molar-refractivity contribution in [2.24, 2.45) is 11.7 Å². The van der Waals surface area contributed by atoms with Crippen LogP contribution < -0.4 is 11.1 Å². The molecule has 2 unspecified atom stereocenters. The Bertz CT molecular complexity index is 604. The number of nitrogens with one attached hydrogen (secondary N) is 1. The average Bonchev–Trinajstić information content (AvgIpc) is 2.61. The Morgan fingerprint density at radius 3 is 2.31 bits per heavy atom. The van der Waals surface area contributed by atoms with Crippen molar-refractivity contribution in [2.45, 2.75) is 64.8 Å². The molecule has 1 saturated carbocycles. The lowest BCUT2D eigenvalue weighted by atomic mass is 9.74. The first-order valence-electron chi connectivity index (χ1n) is 9.88. The molecule has 5 nitrogen and oxygen atoms in total. The molecule has 1 aliphatic rings. The van der Waals surface area contributed by atoms with E-state index in [1.54, 1.807) is 24.3 Å². The summed E-state index contributed by atoms with van der Waals surface area (Å²) in [6.07, 6.45) is 5.72. The summed E-state index contributed by atoms with van der Waals surface area (Å²) >= 11 is 0. The molecule has 2 amide bonds. The van der Waals surface area contributed by atoms with Gasteiger partial charge in [0.1, 0.15) is 0 Å². The van der Waals surface area contributed by atoms with Gasteiger partial charge in [-0.25, -0.2) is 0 Å². The van der Waals surface area contributed by atoms with Crippen LogP contribution in [-0.2, 0) is 4.79 Å². The predicted octanol–water partition coefficient (Wildman–Crippen LogP) is 3.79. The Kier molecular flexibility index (Phi) is 7.21. The van der Waals surface area contributed by atoms with Crippen LogP contribution in [-0.4, -0.2) is 35.3 Å². The monoisotopic (exact) mass is 359 g/mol. The van der Waals surface area contributed by atoms with Gasteiger partial charge in [0.05, 0.1) is 5.92 Å². The molecular weight excluding hydrogens is 326 g/mol. The summed E-state index contributed by atoms with van der Waals surface area (Å²) in [5.74, 6) is -0.136. The summed E-state index contributed by atoms with van der Waals surface area (Å²) in [6.45, 7) is 7.65. The van der Waals surface area contributed by atoms with Crippen LogP contribution in [0.5, 0.6) is 0 Å². The van der Waals surface area contributed by atoms with Crippen LogP contribution in [0.2, 0.25) is 0 Å². The lowest BCUT2D eigenvalue weighted by Crippen LogP contribution is -2.51. The van der Waals surface area contributed by atoms with E-state index >= 15 is 0 Å². The molecule has 5 heteroatoms. The molecule has 144 valence electrons. The molecule has 3 N–H and O–H groups in total. The summed E-state index contributed by atoms with van der Waals surface area (Å²) in [5.41, 5.74) is 7.25. The Balaban J connectivity index is 2.02. The van der Waals surface area contributed by atoms with Gasteiger partial charge in [0.25, 0.3) is 5.91 Å². The van der Waals surface area contributed by atoms with Gasteiger partial charge in [-0.3, -0.25) is 9.59 Å². The van der Waals surface area contributed by atoms with E-state index in [0.29, 0.717) is 11.3 Å². The minimum Gasteiger partial charge on any atom is -0.339 e. The predicted molar refractivity (Wildman–Crippen MR) is 106 cm³/mol. The lowest BCUT2D eigenvalue weighted by Gasteiger charge is -2.37. The summed E-state index contributed by atoms with van der Waals surface area (Å²) in [6, 6.07) is 7.19. The first-order valence-corrected chi connectivity index (χ1v) is 9.88. The molecule has 0 spiro atoms. The molecule has 26 heavy (non-hydrogen) atoms. The minimum atomic E-state index is -0.445. The second kappa shape index (κ2) is 9.17. The second-order valence-electron chi connectivity index (χ2n) is 7.66. The van der Waals surface area contributed by atoms with Gasteiger partial charge in [-0.05, 0) is 56.9 Å². The summed E-state index contributed by atoms with van der Waals surface area (Å²) in [4.78, 5) is 27.1. The third kappa shape index (κ3) is 5.07. The minimum absolute atomic E-state index is 0.0210. The number of nitrogens with zero attached hydrogens (tertiary/aromatic N) is 1. The number of hydrogen-bond acceptors (Lipinski definition) is 3. The highest BCUT2D eigenvalue weighted by Gasteiger charge is 2.37. The average molecular weight is 360 g/mol. The maximum atomic E-state index is 12.6. The number of carbonyl (C=O) groups is 2. The van der Waals surface area contributed by atoms with Crippen molar-refractivity contribution in [3.63, 3.8) is 0 Å². The molecule has 0 heterocycles. The van der Waals surface area contributed by atoms with Crippen LogP contribution in [0.25, 0.3) is 0 Å². The summed E-state index contributed by atoms with van der Waals surface area (Å²) in [7, 11) is 0. The van der Waals surface area contributed by atoms with Crippen LogP contribution in [0.4, 0.5) is 5.69 Å². The topological polar surface area (TPSA) is 75.4 Å². The normalized spacial score (nSPS) is 22.7. The van der Waals surface area contributed by atoms with E-state index in [4.69, 9.17) is 5.73 Å². The molecule has 2 atom stereocenters. The summed E-state index contributed by atoms with van der Waals surface area (Å²) in [5, 5.41) is 2.97. The van der Waals surface area contributed by atoms with E-state index in [0.717, 1.165) is 51.6 Å². The van der Waals surface area contributed by atoms with Crippen LogP contribution in [0.1, 0.15) is 69.7 Å². The molecule has 1 aliphatic carbocycles. The third-order valence-electron chi connectivity index (χ3n) is 5.24. The van der Waals surface area contributed by atoms with Crippen LogP contribution >= 0.6 is 0 Å². The van der Waals surface area contributed by atoms with Gasteiger partial charge in [-0.15, -0.1) is 0 Å².